The van der Waals surface area contributed by atoms with Gasteiger partial charge >= 0.3 is 0 Å². The van der Waals surface area contributed by atoms with E-state index in [1.165, 1.54) is 0 Å². The van der Waals surface area contributed by atoms with Gasteiger partial charge in [0.05, 0.1) is 16.5 Å². The molecule has 1 aromatic rings. The molecule has 0 aliphatic rings. The summed E-state index contributed by atoms with van der Waals surface area (Å²) in [6.07, 6.45) is 0. The molecule has 1 N–H and O–H groups in total. The summed E-state index contributed by atoms with van der Waals surface area (Å²) >= 11 is 5.85. The van der Waals surface area contributed by atoms with Gasteiger partial charge in [0.2, 0.25) is 0 Å². The molecule has 0 bridgehead atoms. The van der Waals surface area contributed by atoms with Gasteiger partial charge in [0.1, 0.15) is 0 Å². The summed E-state index contributed by atoms with van der Waals surface area (Å²) in [7, 11) is 0. The van der Waals surface area contributed by atoms with Gasteiger partial charge in [0.15, 0.2) is 17.5 Å². The number of hydrogen-bond acceptors (Lipinski definition) is 1. The SMILES string of the molecule is CC(Cl)C(C)(C)NC(=O)c1ccc(F)c(F)c1F. The van der Waals surface area contributed by atoms with Crippen LogP contribution in [0.2, 0.25) is 0 Å². The number of amides is 1. The van der Waals surface area contributed by atoms with E-state index in [2.05, 4.69) is 5.32 Å². The van der Waals surface area contributed by atoms with E-state index in [0.717, 1.165) is 6.07 Å². The van der Waals surface area contributed by atoms with E-state index in [9.17, 15) is 18.0 Å². The summed E-state index contributed by atoms with van der Waals surface area (Å²) in [5.41, 5.74) is -1.37. The van der Waals surface area contributed by atoms with Crippen molar-refractivity contribution in [1.82, 2.24) is 5.32 Å². The quantitative estimate of drug-likeness (QED) is 0.668. The first-order valence-corrected chi connectivity index (χ1v) is 5.70. The zero-order chi connectivity index (χ0) is 14.1. The molecule has 0 radical (unpaired) electrons. The summed E-state index contributed by atoms with van der Waals surface area (Å²) in [6.45, 7) is 4.93. The van der Waals surface area contributed by atoms with Crippen molar-refractivity contribution < 1.29 is 18.0 Å². The van der Waals surface area contributed by atoms with Gasteiger partial charge in [0.25, 0.3) is 5.91 Å². The third-order valence-corrected chi connectivity index (χ3v) is 3.26. The first kappa shape index (κ1) is 14.8. The third kappa shape index (κ3) is 2.96. The summed E-state index contributed by atoms with van der Waals surface area (Å²) in [4.78, 5) is 11.8. The average molecular weight is 280 g/mol. The highest BCUT2D eigenvalue weighted by Gasteiger charge is 2.28. The molecule has 2 nitrogen and oxygen atoms in total. The Morgan fingerprint density at radius 2 is 1.83 bits per heavy atom. The first-order valence-electron chi connectivity index (χ1n) is 5.27. The standard InChI is InChI=1S/C12H13ClF3NO/c1-6(13)12(2,3)17-11(18)7-4-5-8(14)10(16)9(7)15/h4-6H,1-3H3,(H,17,18). The molecule has 1 amide bonds. The normalized spacial score (nSPS) is 13.3. The predicted molar refractivity (Wildman–Crippen MR) is 63.2 cm³/mol. The average Bonchev–Trinajstić information content (AvgIpc) is 2.25. The van der Waals surface area contributed by atoms with Crippen molar-refractivity contribution in [2.75, 3.05) is 0 Å². The number of carbonyl (C=O) groups excluding carboxylic acids is 1. The predicted octanol–water partition coefficient (Wildman–Crippen LogP) is 3.24. The molecule has 0 fully saturated rings. The minimum Gasteiger partial charge on any atom is -0.346 e. The van der Waals surface area contributed by atoms with Gasteiger partial charge in [-0.2, -0.15) is 0 Å². The monoisotopic (exact) mass is 279 g/mol. The van der Waals surface area contributed by atoms with E-state index in [0.29, 0.717) is 6.07 Å². The molecule has 0 aliphatic carbocycles. The first-order chi connectivity index (χ1) is 8.16. The van der Waals surface area contributed by atoms with Crippen LogP contribution in [0.25, 0.3) is 0 Å². The zero-order valence-corrected chi connectivity index (χ0v) is 10.9. The number of alkyl halides is 1. The molecule has 1 atom stereocenters. The lowest BCUT2D eigenvalue weighted by atomic mass is 10.0. The summed E-state index contributed by atoms with van der Waals surface area (Å²) in [5.74, 6) is -5.36. The van der Waals surface area contributed by atoms with Gasteiger partial charge in [-0.1, -0.05) is 0 Å². The zero-order valence-electron chi connectivity index (χ0n) is 10.2. The molecule has 0 aliphatic heterocycles. The third-order valence-electron chi connectivity index (χ3n) is 2.71. The van der Waals surface area contributed by atoms with Gasteiger partial charge in [-0.15, -0.1) is 11.6 Å². The Balaban J connectivity index is 3.03. The van der Waals surface area contributed by atoms with Gasteiger partial charge in [-0.3, -0.25) is 4.79 Å². The van der Waals surface area contributed by atoms with Crippen molar-refractivity contribution in [1.29, 1.82) is 0 Å². The lowest BCUT2D eigenvalue weighted by Crippen LogP contribution is -2.49. The molecule has 0 spiro atoms. The van der Waals surface area contributed by atoms with Gasteiger partial charge < -0.3 is 5.32 Å². The minimum atomic E-state index is -1.67. The molecule has 0 heterocycles. The van der Waals surface area contributed by atoms with E-state index in [4.69, 9.17) is 11.6 Å². The highest BCUT2D eigenvalue weighted by atomic mass is 35.5. The van der Waals surface area contributed by atoms with Gasteiger partial charge in [-0.05, 0) is 32.9 Å². The molecule has 100 valence electrons. The van der Waals surface area contributed by atoms with Gasteiger partial charge in [-0.25, -0.2) is 13.2 Å². The Labute approximate surface area is 108 Å². The summed E-state index contributed by atoms with van der Waals surface area (Å²) < 4.78 is 39.1. The van der Waals surface area contributed by atoms with Crippen LogP contribution in [0.5, 0.6) is 0 Å². The van der Waals surface area contributed by atoms with Crippen molar-refractivity contribution in [3.63, 3.8) is 0 Å². The molecule has 0 saturated carbocycles. The van der Waals surface area contributed by atoms with Crippen LogP contribution in [0.4, 0.5) is 13.2 Å². The second kappa shape index (κ2) is 5.18. The molecule has 6 heteroatoms. The number of halogens is 4. The number of carbonyl (C=O) groups is 1. The molecule has 18 heavy (non-hydrogen) atoms. The lowest BCUT2D eigenvalue weighted by molar-refractivity contribution is 0.0907. The maximum absolute atomic E-state index is 13.4. The van der Waals surface area contributed by atoms with Crippen LogP contribution in [0.3, 0.4) is 0 Å². The van der Waals surface area contributed by atoms with Crippen molar-refractivity contribution in [2.24, 2.45) is 0 Å². The molecule has 1 rings (SSSR count). The van der Waals surface area contributed by atoms with Crippen molar-refractivity contribution >= 4 is 17.5 Å². The maximum atomic E-state index is 13.4. The molecule has 1 unspecified atom stereocenters. The Morgan fingerprint density at radius 3 is 2.33 bits per heavy atom. The van der Waals surface area contributed by atoms with Crippen molar-refractivity contribution in [2.45, 2.75) is 31.7 Å². The maximum Gasteiger partial charge on any atom is 0.254 e. The lowest BCUT2D eigenvalue weighted by Gasteiger charge is -2.29. The highest BCUT2D eigenvalue weighted by molar-refractivity contribution is 6.21. The molecular formula is C12H13ClF3NO. The second-order valence-electron chi connectivity index (χ2n) is 4.51. The van der Waals surface area contributed by atoms with Crippen LogP contribution < -0.4 is 5.32 Å². The second-order valence-corrected chi connectivity index (χ2v) is 5.17. The summed E-state index contributed by atoms with van der Waals surface area (Å²) in [5, 5.41) is 2.04. The molecule has 1 aromatic carbocycles. The van der Waals surface area contributed by atoms with E-state index in [-0.39, 0.29) is 0 Å². The van der Waals surface area contributed by atoms with E-state index in [1.54, 1.807) is 20.8 Å². The smallest absolute Gasteiger partial charge is 0.254 e. The van der Waals surface area contributed by atoms with Crippen LogP contribution in [-0.2, 0) is 0 Å². The molecular weight excluding hydrogens is 267 g/mol. The minimum absolute atomic E-state index is 0.421. The number of benzene rings is 1. The Morgan fingerprint density at radius 1 is 1.28 bits per heavy atom. The van der Waals surface area contributed by atoms with Crippen LogP contribution in [0, 0.1) is 17.5 Å². The highest BCUT2D eigenvalue weighted by Crippen LogP contribution is 2.18. The topological polar surface area (TPSA) is 29.1 Å². The van der Waals surface area contributed by atoms with Crippen LogP contribution in [0.15, 0.2) is 12.1 Å². The fraction of sp³-hybridized carbons (Fsp3) is 0.417. The van der Waals surface area contributed by atoms with E-state index >= 15 is 0 Å². The number of nitrogens with one attached hydrogen (secondary N) is 1. The molecule has 0 aromatic heterocycles. The van der Waals surface area contributed by atoms with Crippen molar-refractivity contribution in [3.05, 3.63) is 35.1 Å². The Hall–Kier alpha value is -1.23. The number of rotatable bonds is 3. The van der Waals surface area contributed by atoms with Crippen molar-refractivity contribution in [3.8, 4) is 0 Å². The Bertz CT molecular complexity index is 475. The van der Waals surface area contributed by atoms with Gasteiger partial charge in [0, 0.05) is 0 Å². The number of hydrogen-bond donors (Lipinski definition) is 1. The van der Waals surface area contributed by atoms with Crippen LogP contribution in [0.1, 0.15) is 31.1 Å². The summed E-state index contributed by atoms with van der Waals surface area (Å²) in [6, 6.07) is 1.59. The Kier molecular flexibility index (Phi) is 4.27. The van der Waals surface area contributed by atoms with Crippen LogP contribution >= 0.6 is 11.6 Å². The molecule has 0 saturated heterocycles. The largest absolute Gasteiger partial charge is 0.346 e. The van der Waals surface area contributed by atoms with E-state index in [1.807, 2.05) is 0 Å². The van der Waals surface area contributed by atoms with Crippen LogP contribution in [-0.4, -0.2) is 16.8 Å². The fourth-order valence-corrected chi connectivity index (χ4v) is 1.22. The van der Waals surface area contributed by atoms with E-state index < -0.39 is 39.8 Å². The fourth-order valence-electron chi connectivity index (χ4n) is 1.16.